The van der Waals surface area contributed by atoms with Gasteiger partial charge < -0.3 is 9.47 Å². The SMILES string of the molecule is CCCCCCCCCCCCOc1ccc(C(=O)Oc2ccc(-c3ccc(-c4cccs4)s3)cc2)cc1. The lowest BCUT2D eigenvalue weighted by Crippen LogP contribution is -2.08. The van der Waals surface area contributed by atoms with Crippen molar-refractivity contribution in [2.45, 2.75) is 71.1 Å². The number of rotatable bonds is 16. The van der Waals surface area contributed by atoms with Crippen LogP contribution in [-0.2, 0) is 0 Å². The van der Waals surface area contributed by atoms with Gasteiger partial charge in [0.15, 0.2) is 0 Å². The summed E-state index contributed by atoms with van der Waals surface area (Å²) in [6, 6.07) is 23.4. The van der Waals surface area contributed by atoms with Crippen molar-refractivity contribution >= 4 is 28.6 Å². The Morgan fingerprint density at radius 3 is 1.95 bits per heavy atom. The van der Waals surface area contributed by atoms with E-state index in [4.69, 9.17) is 9.47 Å². The minimum atomic E-state index is -0.366. The van der Waals surface area contributed by atoms with E-state index in [0.29, 0.717) is 17.9 Å². The molecule has 0 saturated heterocycles. The van der Waals surface area contributed by atoms with Crippen LogP contribution < -0.4 is 9.47 Å². The fourth-order valence-corrected chi connectivity index (χ4v) is 6.21. The molecule has 0 unspecified atom stereocenters. The topological polar surface area (TPSA) is 35.5 Å². The van der Waals surface area contributed by atoms with E-state index in [-0.39, 0.29) is 5.97 Å². The zero-order chi connectivity index (χ0) is 26.4. The molecule has 0 amide bonds. The van der Waals surface area contributed by atoms with Crippen molar-refractivity contribution < 1.29 is 14.3 Å². The average Bonchev–Trinajstić information content (AvgIpc) is 3.65. The highest BCUT2D eigenvalue weighted by Crippen LogP contribution is 2.36. The number of esters is 1. The Morgan fingerprint density at radius 1 is 0.658 bits per heavy atom. The third kappa shape index (κ3) is 8.85. The highest BCUT2D eigenvalue weighted by Gasteiger charge is 2.10. The molecule has 0 saturated carbocycles. The third-order valence-corrected chi connectivity index (χ3v) is 8.78. The fraction of sp³-hybridized carbons (Fsp3) is 0.364. The molecule has 0 bridgehead atoms. The summed E-state index contributed by atoms with van der Waals surface area (Å²) < 4.78 is 11.5. The minimum Gasteiger partial charge on any atom is -0.494 e. The molecule has 0 aliphatic heterocycles. The summed E-state index contributed by atoms with van der Waals surface area (Å²) in [5.74, 6) is 0.963. The molecule has 2 aromatic heterocycles. The maximum Gasteiger partial charge on any atom is 0.343 e. The van der Waals surface area contributed by atoms with Crippen molar-refractivity contribution in [1.82, 2.24) is 0 Å². The van der Waals surface area contributed by atoms with Gasteiger partial charge in [0, 0.05) is 14.6 Å². The molecule has 3 nitrogen and oxygen atoms in total. The zero-order valence-electron chi connectivity index (χ0n) is 22.3. The molecule has 38 heavy (non-hydrogen) atoms. The Labute approximate surface area is 235 Å². The van der Waals surface area contributed by atoms with Crippen LogP contribution in [0.2, 0.25) is 0 Å². The highest BCUT2D eigenvalue weighted by atomic mass is 32.1. The molecule has 0 fully saturated rings. The second-order valence-corrected chi connectivity index (χ2v) is 11.6. The molecule has 2 heterocycles. The molecule has 0 atom stereocenters. The van der Waals surface area contributed by atoms with Gasteiger partial charge in [0.2, 0.25) is 0 Å². The Balaban J connectivity index is 1.15. The Bertz CT molecular complexity index is 1210. The Hall–Kier alpha value is -2.89. The lowest BCUT2D eigenvalue weighted by Gasteiger charge is -2.08. The van der Waals surface area contributed by atoms with E-state index < -0.39 is 0 Å². The van der Waals surface area contributed by atoms with Crippen molar-refractivity contribution in [3.05, 3.63) is 83.7 Å². The lowest BCUT2D eigenvalue weighted by atomic mass is 10.1. The van der Waals surface area contributed by atoms with E-state index in [1.165, 1.54) is 72.4 Å². The first-order valence-corrected chi connectivity index (χ1v) is 15.6. The molecule has 5 heteroatoms. The molecule has 4 aromatic rings. The maximum atomic E-state index is 12.6. The summed E-state index contributed by atoms with van der Waals surface area (Å²) in [7, 11) is 0. The molecular formula is C33H38O3S2. The number of carbonyl (C=O) groups excluding carboxylic acids is 1. The summed E-state index contributed by atoms with van der Waals surface area (Å²) in [5.41, 5.74) is 1.63. The standard InChI is InChI=1S/C33H38O3S2/c1-2-3-4-5-6-7-8-9-10-11-24-35-28-18-16-27(17-19-28)33(34)36-29-20-14-26(15-21-29)30-22-23-32(38-30)31-13-12-25-37-31/h12-23,25H,2-11,24H2,1H3. The average molecular weight is 547 g/mol. The second-order valence-electron chi connectivity index (χ2n) is 9.61. The summed E-state index contributed by atoms with van der Waals surface area (Å²) in [4.78, 5) is 16.4. The molecule has 200 valence electrons. The molecule has 2 aromatic carbocycles. The smallest absolute Gasteiger partial charge is 0.343 e. The number of hydrogen-bond donors (Lipinski definition) is 0. The van der Waals surface area contributed by atoms with Gasteiger partial charge in [0.1, 0.15) is 11.5 Å². The van der Waals surface area contributed by atoms with Crippen LogP contribution in [0.15, 0.2) is 78.2 Å². The van der Waals surface area contributed by atoms with E-state index in [0.717, 1.165) is 17.7 Å². The summed E-state index contributed by atoms with van der Waals surface area (Å²) in [6.07, 6.45) is 13.1. The molecule has 4 rings (SSSR count). The molecule has 0 radical (unpaired) electrons. The van der Waals surface area contributed by atoms with Crippen molar-refractivity contribution in [1.29, 1.82) is 0 Å². The zero-order valence-corrected chi connectivity index (χ0v) is 24.0. The monoisotopic (exact) mass is 546 g/mol. The Kier molecular flexibility index (Phi) is 11.5. The fourth-order valence-electron chi connectivity index (χ4n) is 4.36. The first-order chi connectivity index (χ1) is 18.7. The van der Waals surface area contributed by atoms with Crippen LogP contribution >= 0.6 is 22.7 Å². The van der Waals surface area contributed by atoms with Gasteiger partial charge in [-0.15, -0.1) is 22.7 Å². The second kappa shape index (κ2) is 15.5. The van der Waals surface area contributed by atoms with Gasteiger partial charge in [-0.25, -0.2) is 4.79 Å². The number of carbonyl (C=O) groups is 1. The van der Waals surface area contributed by atoms with E-state index in [1.54, 1.807) is 34.8 Å². The maximum absolute atomic E-state index is 12.6. The van der Waals surface area contributed by atoms with Crippen molar-refractivity contribution in [3.63, 3.8) is 0 Å². The van der Waals surface area contributed by atoms with Crippen LogP contribution in [0.1, 0.15) is 81.5 Å². The van der Waals surface area contributed by atoms with E-state index in [1.807, 2.05) is 36.4 Å². The quantitative estimate of drug-likeness (QED) is 0.0796. The first-order valence-electron chi connectivity index (χ1n) is 13.9. The number of hydrogen-bond acceptors (Lipinski definition) is 5. The largest absolute Gasteiger partial charge is 0.494 e. The van der Waals surface area contributed by atoms with Crippen LogP contribution in [-0.4, -0.2) is 12.6 Å². The first kappa shape index (κ1) is 28.1. The van der Waals surface area contributed by atoms with Crippen molar-refractivity contribution in [2.24, 2.45) is 0 Å². The molecular weight excluding hydrogens is 508 g/mol. The molecule has 0 aliphatic rings. The van der Waals surface area contributed by atoms with E-state index in [2.05, 4.69) is 36.6 Å². The molecule has 0 N–H and O–H groups in total. The van der Waals surface area contributed by atoms with Crippen molar-refractivity contribution in [3.8, 4) is 31.7 Å². The van der Waals surface area contributed by atoms with Crippen LogP contribution in [0.25, 0.3) is 20.2 Å². The van der Waals surface area contributed by atoms with Gasteiger partial charge >= 0.3 is 5.97 Å². The highest BCUT2D eigenvalue weighted by molar-refractivity contribution is 7.23. The minimum absolute atomic E-state index is 0.366. The summed E-state index contributed by atoms with van der Waals surface area (Å²) in [5, 5.41) is 2.10. The van der Waals surface area contributed by atoms with Gasteiger partial charge in [0.05, 0.1) is 12.2 Å². The van der Waals surface area contributed by atoms with Crippen LogP contribution in [0, 0.1) is 0 Å². The summed E-state index contributed by atoms with van der Waals surface area (Å²) in [6.45, 7) is 2.98. The van der Waals surface area contributed by atoms with Gasteiger partial charge in [-0.05, 0) is 84.1 Å². The van der Waals surface area contributed by atoms with Gasteiger partial charge in [-0.3, -0.25) is 0 Å². The predicted molar refractivity (Wildman–Crippen MR) is 162 cm³/mol. The van der Waals surface area contributed by atoms with E-state index in [9.17, 15) is 4.79 Å². The Morgan fingerprint density at radius 2 is 1.29 bits per heavy atom. The van der Waals surface area contributed by atoms with Gasteiger partial charge in [-0.1, -0.05) is 70.8 Å². The molecule has 0 spiro atoms. The number of benzene rings is 2. The van der Waals surface area contributed by atoms with Gasteiger partial charge in [-0.2, -0.15) is 0 Å². The van der Waals surface area contributed by atoms with Gasteiger partial charge in [0.25, 0.3) is 0 Å². The van der Waals surface area contributed by atoms with E-state index >= 15 is 0 Å². The normalized spacial score (nSPS) is 11.0. The summed E-state index contributed by atoms with van der Waals surface area (Å²) >= 11 is 3.51. The lowest BCUT2D eigenvalue weighted by molar-refractivity contribution is 0.0734. The predicted octanol–water partition coefficient (Wildman–Crippen LogP) is 10.7. The van der Waals surface area contributed by atoms with Crippen LogP contribution in [0.3, 0.4) is 0 Å². The van der Waals surface area contributed by atoms with Crippen LogP contribution in [0.4, 0.5) is 0 Å². The number of ether oxygens (including phenoxy) is 2. The number of unbranched alkanes of at least 4 members (excludes halogenated alkanes) is 9. The van der Waals surface area contributed by atoms with Crippen molar-refractivity contribution in [2.75, 3.05) is 6.61 Å². The number of thiophene rings is 2. The molecule has 0 aliphatic carbocycles. The third-order valence-electron chi connectivity index (χ3n) is 6.58. The van der Waals surface area contributed by atoms with Crippen LogP contribution in [0.5, 0.6) is 11.5 Å².